The van der Waals surface area contributed by atoms with Gasteiger partial charge in [0, 0.05) is 44.6 Å². The molecule has 28 heavy (non-hydrogen) atoms. The Morgan fingerprint density at radius 3 is 2.71 bits per heavy atom. The molecule has 7 heteroatoms. The number of likely N-dealkylation sites (tertiary alicyclic amines) is 2. The third-order valence-electron chi connectivity index (χ3n) is 6.70. The standard InChI is InChI=1S/C21H30N4O3/c26-17-18-16-24(20(27)19-4-1-15-28-19)14-7-21(18)5-12-23(13-6-21)9-3-11-25-10-2-8-22-25/h1-2,4,8,10,15,18,26H,3,5-7,9,11-14,16-17H2/t18-/m1/s1. The quantitative estimate of drug-likeness (QED) is 0.823. The number of piperidine rings is 2. The first-order valence-electron chi connectivity index (χ1n) is 10.3. The second-order valence-electron chi connectivity index (χ2n) is 8.18. The first kappa shape index (κ1) is 19.2. The van der Waals surface area contributed by atoms with E-state index in [0.717, 1.165) is 58.4 Å². The fraction of sp³-hybridized carbons (Fsp3) is 0.619. The Morgan fingerprint density at radius 1 is 1.21 bits per heavy atom. The van der Waals surface area contributed by atoms with Gasteiger partial charge >= 0.3 is 0 Å². The van der Waals surface area contributed by atoms with Crippen molar-refractivity contribution in [3.8, 4) is 0 Å². The van der Waals surface area contributed by atoms with Crippen LogP contribution in [0.2, 0.25) is 0 Å². The molecule has 1 spiro atoms. The lowest BCUT2D eigenvalue weighted by molar-refractivity contribution is -0.0360. The molecule has 0 aromatic carbocycles. The summed E-state index contributed by atoms with van der Waals surface area (Å²) in [6.45, 7) is 5.69. The molecule has 2 saturated heterocycles. The van der Waals surface area contributed by atoms with E-state index in [9.17, 15) is 9.90 Å². The van der Waals surface area contributed by atoms with Crippen molar-refractivity contribution < 1.29 is 14.3 Å². The third kappa shape index (κ3) is 4.00. The number of amides is 1. The maximum absolute atomic E-state index is 12.6. The van der Waals surface area contributed by atoms with Crippen LogP contribution in [-0.4, -0.2) is 69.9 Å². The molecular formula is C21H30N4O3. The first-order chi connectivity index (χ1) is 13.7. The van der Waals surface area contributed by atoms with E-state index >= 15 is 0 Å². The minimum Gasteiger partial charge on any atom is -0.459 e. The lowest BCUT2D eigenvalue weighted by Crippen LogP contribution is -2.54. The average Bonchev–Trinajstić information content (AvgIpc) is 3.44. The van der Waals surface area contributed by atoms with Crippen LogP contribution in [0.5, 0.6) is 0 Å². The largest absolute Gasteiger partial charge is 0.459 e. The summed E-state index contributed by atoms with van der Waals surface area (Å²) in [5.41, 5.74) is 0.160. The highest BCUT2D eigenvalue weighted by atomic mass is 16.3. The topological polar surface area (TPSA) is 74.7 Å². The Bertz CT molecular complexity index is 736. The van der Waals surface area contributed by atoms with Crippen LogP contribution in [0.1, 0.15) is 36.2 Å². The third-order valence-corrected chi connectivity index (χ3v) is 6.70. The van der Waals surface area contributed by atoms with Crippen molar-refractivity contribution in [2.24, 2.45) is 11.3 Å². The number of aromatic nitrogens is 2. The van der Waals surface area contributed by atoms with Gasteiger partial charge in [0.2, 0.25) is 0 Å². The van der Waals surface area contributed by atoms with E-state index in [-0.39, 0.29) is 23.8 Å². The highest BCUT2D eigenvalue weighted by Crippen LogP contribution is 2.45. The number of aliphatic hydroxyl groups excluding tert-OH is 1. The molecule has 0 saturated carbocycles. The van der Waals surface area contributed by atoms with Gasteiger partial charge in [-0.05, 0) is 68.9 Å². The summed E-state index contributed by atoms with van der Waals surface area (Å²) in [6.07, 6.45) is 9.63. The number of carbonyl (C=O) groups excluding carboxylic acids is 1. The van der Waals surface area contributed by atoms with Crippen LogP contribution in [0.15, 0.2) is 41.3 Å². The van der Waals surface area contributed by atoms with E-state index in [1.54, 1.807) is 12.1 Å². The summed E-state index contributed by atoms with van der Waals surface area (Å²) in [4.78, 5) is 17.0. The molecule has 7 nitrogen and oxygen atoms in total. The molecule has 1 atom stereocenters. The van der Waals surface area contributed by atoms with Gasteiger partial charge in [-0.1, -0.05) is 0 Å². The molecule has 152 valence electrons. The summed E-state index contributed by atoms with van der Waals surface area (Å²) in [7, 11) is 0. The summed E-state index contributed by atoms with van der Waals surface area (Å²) >= 11 is 0. The molecule has 2 aliphatic rings. The number of nitrogens with zero attached hydrogens (tertiary/aromatic N) is 4. The lowest BCUT2D eigenvalue weighted by atomic mass is 9.64. The Kier molecular flexibility index (Phi) is 5.82. The number of carbonyl (C=O) groups is 1. The average molecular weight is 386 g/mol. The molecule has 2 fully saturated rings. The second kappa shape index (κ2) is 8.49. The molecule has 1 amide bonds. The summed E-state index contributed by atoms with van der Waals surface area (Å²) in [6, 6.07) is 5.41. The van der Waals surface area contributed by atoms with E-state index in [0.29, 0.717) is 12.3 Å². The number of rotatable bonds is 6. The van der Waals surface area contributed by atoms with E-state index in [4.69, 9.17) is 4.42 Å². The maximum atomic E-state index is 12.6. The van der Waals surface area contributed by atoms with E-state index < -0.39 is 0 Å². The number of aryl methyl sites for hydroxylation is 1. The maximum Gasteiger partial charge on any atom is 0.289 e. The van der Waals surface area contributed by atoms with Crippen LogP contribution in [0.3, 0.4) is 0 Å². The lowest BCUT2D eigenvalue weighted by Gasteiger charge is -2.51. The first-order valence-corrected chi connectivity index (χ1v) is 10.3. The van der Waals surface area contributed by atoms with Crippen LogP contribution < -0.4 is 0 Å². The van der Waals surface area contributed by atoms with Crippen molar-refractivity contribution in [3.63, 3.8) is 0 Å². The molecule has 2 aliphatic heterocycles. The minimum atomic E-state index is -0.0608. The number of aliphatic hydroxyl groups is 1. The van der Waals surface area contributed by atoms with Gasteiger partial charge in [0.1, 0.15) is 0 Å². The van der Waals surface area contributed by atoms with Gasteiger partial charge in [-0.3, -0.25) is 9.48 Å². The van der Waals surface area contributed by atoms with Crippen LogP contribution in [0.4, 0.5) is 0 Å². The van der Waals surface area contributed by atoms with Gasteiger partial charge in [-0.2, -0.15) is 5.10 Å². The van der Waals surface area contributed by atoms with E-state index in [2.05, 4.69) is 10.00 Å². The van der Waals surface area contributed by atoms with Crippen LogP contribution in [0, 0.1) is 11.3 Å². The summed E-state index contributed by atoms with van der Waals surface area (Å²) < 4.78 is 7.25. The SMILES string of the molecule is O=C(c1ccco1)N1CCC2(CCN(CCCn3cccn3)CC2)[C@@H](CO)C1. The van der Waals surface area contributed by atoms with Gasteiger partial charge in [0.15, 0.2) is 5.76 Å². The van der Waals surface area contributed by atoms with Crippen molar-refractivity contribution in [2.45, 2.75) is 32.2 Å². The molecule has 4 heterocycles. The van der Waals surface area contributed by atoms with Gasteiger partial charge in [0.25, 0.3) is 5.91 Å². The summed E-state index contributed by atoms with van der Waals surface area (Å²) in [5, 5.41) is 14.3. The number of hydrogen-bond acceptors (Lipinski definition) is 5. The molecule has 0 aliphatic carbocycles. The zero-order chi connectivity index (χ0) is 19.4. The molecular weight excluding hydrogens is 356 g/mol. The highest BCUT2D eigenvalue weighted by Gasteiger charge is 2.45. The smallest absolute Gasteiger partial charge is 0.289 e. The Balaban J connectivity index is 1.28. The van der Waals surface area contributed by atoms with Crippen LogP contribution >= 0.6 is 0 Å². The fourth-order valence-corrected chi connectivity index (χ4v) is 4.87. The zero-order valence-electron chi connectivity index (χ0n) is 16.4. The monoisotopic (exact) mass is 386 g/mol. The van der Waals surface area contributed by atoms with Gasteiger partial charge in [0.05, 0.1) is 6.26 Å². The van der Waals surface area contributed by atoms with Crippen LogP contribution in [0.25, 0.3) is 0 Å². The second-order valence-corrected chi connectivity index (χ2v) is 8.18. The van der Waals surface area contributed by atoms with Crippen molar-refractivity contribution in [3.05, 3.63) is 42.6 Å². The van der Waals surface area contributed by atoms with Crippen LogP contribution in [-0.2, 0) is 6.54 Å². The van der Waals surface area contributed by atoms with Crippen molar-refractivity contribution in [1.82, 2.24) is 19.6 Å². The minimum absolute atomic E-state index is 0.0608. The number of furan rings is 1. The van der Waals surface area contributed by atoms with Gasteiger partial charge in [-0.25, -0.2) is 0 Å². The Morgan fingerprint density at radius 2 is 2.04 bits per heavy atom. The van der Waals surface area contributed by atoms with Crippen molar-refractivity contribution in [1.29, 1.82) is 0 Å². The zero-order valence-corrected chi connectivity index (χ0v) is 16.4. The fourth-order valence-electron chi connectivity index (χ4n) is 4.87. The highest BCUT2D eigenvalue weighted by molar-refractivity contribution is 5.91. The summed E-state index contributed by atoms with van der Waals surface area (Å²) in [5.74, 6) is 0.473. The predicted octanol–water partition coefficient (Wildman–Crippen LogP) is 2.10. The molecule has 0 unspecified atom stereocenters. The van der Waals surface area contributed by atoms with E-state index in [1.807, 2.05) is 28.0 Å². The molecule has 2 aromatic heterocycles. The molecule has 2 aromatic rings. The normalized spacial score (nSPS) is 22.6. The van der Waals surface area contributed by atoms with E-state index in [1.165, 1.54) is 6.26 Å². The molecule has 4 rings (SSSR count). The molecule has 0 bridgehead atoms. The van der Waals surface area contributed by atoms with Gasteiger partial charge < -0.3 is 19.3 Å². The van der Waals surface area contributed by atoms with Gasteiger partial charge in [-0.15, -0.1) is 0 Å². The molecule has 0 radical (unpaired) electrons. The molecule has 1 N–H and O–H groups in total. The van der Waals surface area contributed by atoms with Crippen molar-refractivity contribution in [2.75, 3.05) is 39.3 Å². The Labute approximate surface area is 165 Å². The number of hydrogen-bond donors (Lipinski definition) is 1. The van der Waals surface area contributed by atoms with Crippen molar-refractivity contribution >= 4 is 5.91 Å². The Hall–Kier alpha value is -2.12. The predicted molar refractivity (Wildman–Crippen MR) is 105 cm³/mol.